The van der Waals surface area contributed by atoms with E-state index in [1.807, 2.05) is 31.2 Å². The van der Waals surface area contributed by atoms with Gasteiger partial charge in [0, 0.05) is 6.54 Å². The Morgan fingerprint density at radius 3 is 3.00 bits per heavy atom. The first-order valence-electron chi connectivity index (χ1n) is 7.51. The predicted molar refractivity (Wildman–Crippen MR) is 88.8 cm³/mol. The Morgan fingerprint density at radius 2 is 2.36 bits per heavy atom. The molecule has 1 aliphatic rings. The smallest absolute Gasteiger partial charge is 0.239 e. The maximum absolute atomic E-state index is 12.0. The van der Waals surface area contributed by atoms with Crippen LogP contribution in [0.3, 0.4) is 0 Å². The van der Waals surface area contributed by atoms with Crippen LogP contribution < -0.4 is 15.4 Å². The average molecular weight is 329 g/mol. The van der Waals surface area contributed by atoms with E-state index in [0.717, 1.165) is 24.3 Å². The molecular formula is C16H25ClN2O3. The summed E-state index contributed by atoms with van der Waals surface area (Å²) < 4.78 is 11.2. The number of hydrogen-bond acceptors (Lipinski definition) is 4. The molecule has 0 bridgehead atoms. The molecule has 1 aromatic carbocycles. The van der Waals surface area contributed by atoms with E-state index in [2.05, 4.69) is 17.6 Å². The van der Waals surface area contributed by atoms with Crippen LogP contribution >= 0.6 is 12.4 Å². The average Bonchev–Trinajstić information content (AvgIpc) is 2.52. The van der Waals surface area contributed by atoms with Crippen LogP contribution in [0.1, 0.15) is 18.9 Å². The zero-order valence-electron chi connectivity index (χ0n) is 13.1. The first kappa shape index (κ1) is 18.7. The van der Waals surface area contributed by atoms with Crippen molar-refractivity contribution in [3.8, 4) is 5.75 Å². The van der Waals surface area contributed by atoms with Gasteiger partial charge in [0.25, 0.3) is 0 Å². The van der Waals surface area contributed by atoms with Crippen LogP contribution in [-0.2, 0) is 9.53 Å². The molecule has 0 aromatic heterocycles. The summed E-state index contributed by atoms with van der Waals surface area (Å²) in [7, 11) is 0. The van der Waals surface area contributed by atoms with E-state index < -0.39 is 0 Å². The summed E-state index contributed by atoms with van der Waals surface area (Å²) >= 11 is 0. The molecule has 5 nitrogen and oxygen atoms in total. The Labute approximate surface area is 138 Å². The Bertz CT molecular complexity index is 464. The van der Waals surface area contributed by atoms with Crippen LogP contribution in [0, 0.1) is 6.92 Å². The van der Waals surface area contributed by atoms with Crippen molar-refractivity contribution in [2.75, 3.05) is 26.3 Å². The first-order valence-corrected chi connectivity index (χ1v) is 7.51. The summed E-state index contributed by atoms with van der Waals surface area (Å²) in [5.41, 5.74) is 1.16. The second kappa shape index (κ2) is 9.66. The number of hydrogen-bond donors (Lipinski definition) is 2. The third-order valence-electron chi connectivity index (χ3n) is 3.49. The molecule has 0 spiro atoms. The van der Waals surface area contributed by atoms with Gasteiger partial charge in [0.1, 0.15) is 17.9 Å². The quantitative estimate of drug-likeness (QED) is 0.834. The molecule has 6 heteroatoms. The Hall–Kier alpha value is -1.30. The molecule has 1 amide bonds. The number of amides is 1. The third-order valence-corrected chi connectivity index (χ3v) is 3.49. The monoisotopic (exact) mass is 328 g/mol. The number of nitrogens with one attached hydrogen (secondary N) is 2. The highest BCUT2D eigenvalue weighted by molar-refractivity contribution is 5.85. The van der Waals surface area contributed by atoms with E-state index in [1.54, 1.807) is 0 Å². The highest BCUT2D eigenvalue weighted by Gasteiger charge is 2.21. The fourth-order valence-electron chi connectivity index (χ4n) is 2.22. The Morgan fingerprint density at radius 1 is 1.55 bits per heavy atom. The van der Waals surface area contributed by atoms with Crippen LogP contribution in [-0.4, -0.2) is 44.4 Å². The fourth-order valence-corrected chi connectivity index (χ4v) is 2.22. The summed E-state index contributed by atoms with van der Waals surface area (Å²) in [5, 5.41) is 6.07. The second-order valence-electron chi connectivity index (χ2n) is 5.29. The molecule has 0 radical (unpaired) electrons. The molecule has 1 aliphatic heterocycles. The predicted octanol–water partition coefficient (Wildman–Crippen LogP) is 1.68. The van der Waals surface area contributed by atoms with Crippen molar-refractivity contribution in [2.45, 2.75) is 32.4 Å². The lowest BCUT2D eigenvalue weighted by molar-refractivity contribution is -0.126. The zero-order valence-corrected chi connectivity index (χ0v) is 13.9. The summed E-state index contributed by atoms with van der Waals surface area (Å²) in [6.07, 6.45) is 0.809. The first-order chi connectivity index (χ1) is 10.2. The number of halogens is 1. The number of benzene rings is 1. The van der Waals surface area contributed by atoms with Gasteiger partial charge in [0.05, 0.1) is 19.8 Å². The summed E-state index contributed by atoms with van der Waals surface area (Å²) in [6, 6.07) is 7.69. The Kier molecular flexibility index (Phi) is 8.24. The van der Waals surface area contributed by atoms with Crippen LogP contribution in [0.25, 0.3) is 0 Å². The summed E-state index contributed by atoms with van der Waals surface area (Å²) in [6.45, 7) is 6.40. The standard InChI is InChI=1S/C16H24N2O3.ClH/c1-3-13(21-14-6-4-5-12(2)9-14)10-18-16(19)15-11-20-8-7-17-15;/h4-6,9,13,15,17H,3,7-8,10-11H2,1-2H3,(H,18,19);1H. The number of morpholine rings is 1. The second-order valence-corrected chi connectivity index (χ2v) is 5.29. The van der Waals surface area contributed by atoms with Gasteiger partial charge in [-0.3, -0.25) is 4.79 Å². The van der Waals surface area contributed by atoms with E-state index in [4.69, 9.17) is 9.47 Å². The maximum atomic E-state index is 12.0. The SMILES string of the molecule is CCC(CNC(=O)C1COCCN1)Oc1cccc(C)c1.Cl. The minimum absolute atomic E-state index is 0. The van der Waals surface area contributed by atoms with Gasteiger partial charge in [-0.15, -0.1) is 12.4 Å². The lowest BCUT2D eigenvalue weighted by Crippen LogP contribution is -2.52. The van der Waals surface area contributed by atoms with Gasteiger partial charge in [-0.25, -0.2) is 0 Å². The molecule has 2 unspecified atom stereocenters. The van der Waals surface area contributed by atoms with Crippen molar-refractivity contribution in [1.82, 2.24) is 10.6 Å². The highest BCUT2D eigenvalue weighted by atomic mass is 35.5. The molecule has 1 fully saturated rings. The summed E-state index contributed by atoms with van der Waals surface area (Å²) in [4.78, 5) is 12.0. The van der Waals surface area contributed by atoms with E-state index in [1.165, 1.54) is 0 Å². The maximum Gasteiger partial charge on any atom is 0.239 e. The van der Waals surface area contributed by atoms with Gasteiger partial charge in [-0.2, -0.15) is 0 Å². The number of rotatable bonds is 6. The van der Waals surface area contributed by atoms with Crippen LogP contribution in [0.2, 0.25) is 0 Å². The molecule has 1 saturated heterocycles. The molecule has 1 aromatic rings. The number of aryl methyl sites for hydroxylation is 1. The van der Waals surface area contributed by atoms with Gasteiger partial charge in [0.15, 0.2) is 0 Å². The molecule has 2 N–H and O–H groups in total. The molecule has 2 atom stereocenters. The van der Waals surface area contributed by atoms with Crippen molar-refractivity contribution in [3.63, 3.8) is 0 Å². The van der Waals surface area contributed by atoms with E-state index in [0.29, 0.717) is 19.8 Å². The van der Waals surface area contributed by atoms with Crippen molar-refractivity contribution in [1.29, 1.82) is 0 Å². The lowest BCUT2D eigenvalue weighted by Gasteiger charge is -2.24. The molecule has 22 heavy (non-hydrogen) atoms. The van der Waals surface area contributed by atoms with Gasteiger partial charge < -0.3 is 20.1 Å². The minimum Gasteiger partial charge on any atom is -0.489 e. The van der Waals surface area contributed by atoms with Crippen molar-refractivity contribution in [2.24, 2.45) is 0 Å². The molecule has 1 heterocycles. The lowest BCUT2D eigenvalue weighted by atomic mass is 10.2. The van der Waals surface area contributed by atoms with Gasteiger partial charge in [-0.05, 0) is 31.0 Å². The van der Waals surface area contributed by atoms with Crippen molar-refractivity contribution in [3.05, 3.63) is 29.8 Å². The van der Waals surface area contributed by atoms with Gasteiger partial charge >= 0.3 is 0 Å². The summed E-state index contributed by atoms with van der Waals surface area (Å²) in [5.74, 6) is 0.816. The topological polar surface area (TPSA) is 59.6 Å². The third kappa shape index (κ3) is 5.83. The van der Waals surface area contributed by atoms with E-state index >= 15 is 0 Å². The van der Waals surface area contributed by atoms with Crippen molar-refractivity contribution < 1.29 is 14.3 Å². The molecule has 124 valence electrons. The highest BCUT2D eigenvalue weighted by Crippen LogP contribution is 2.15. The van der Waals surface area contributed by atoms with Crippen LogP contribution in [0.15, 0.2) is 24.3 Å². The van der Waals surface area contributed by atoms with E-state index in [9.17, 15) is 4.79 Å². The Balaban J connectivity index is 0.00000242. The number of ether oxygens (including phenoxy) is 2. The van der Waals surface area contributed by atoms with E-state index in [-0.39, 0.29) is 30.5 Å². The number of carbonyl (C=O) groups excluding carboxylic acids is 1. The van der Waals surface area contributed by atoms with Crippen molar-refractivity contribution >= 4 is 18.3 Å². The molecule has 0 saturated carbocycles. The number of carbonyl (C=O) groups is 1. The van der Waals surface area contributed by atoms with Gasteiger partial charge in [0.2, 0.25) is 5.91 Å². The normalized spacial score (nSPS) is 18.9. The van der Waals surface area contributed by atoms with Crippen LogP contribution in [0.4, 0.5) is 0 Å². The zero-order chi connectivity index (χ0) is 15.1. The fraction of sp³-hybridized carbons (Fsp3) is 0.562. The molecule has 0 aliphatic carbocycles. The molecular weight excluding hydrogens is 304 g/mol. The largest absolute Gasteiger partial charge is 0.489 e. The van der Waals surface area contributed by atoms with Gasteiger partial charge in [-0.1, -0.05) is 19.1 Å². The van der Waals surface area contributed by atoms with Crippen LogP contribution in [0.5, 0.6) is 5.75 Å². The molecule has 2 rings (SSSR count). The minimum atomic E-state index is -0.254.